The summed E-state index contributed by atoms with van der Waals surface area (Å²) < 4.78 is 9.07. The summed E-state index contributed by atoms with van der Waals surface area (Å²) in [7, 11) is 0. The van der Waals surface area contributed by atoms with E-state index in [9.17, 15) is 0 Å². The molecule has 0 radical (unpaired) electrons. The maximum absolute atomic E-state index is 6.81. The third kappa shape index (κ3) is 6.00. The second-order valence-electron chi connectivity index (χ2n) is 16.5. The second-order valence-corrected chi connectivity index (χ2v) is 16.5. The smallest absolute Gasteiger partial charge is 0.145 e. The maximum atomic E-state index is 6.81. The van der Waals surface area contributed by atoms with E-state index >= 15 is 0 Å². The van der Waals surface area contributed by atoms with Crippen molar-refractivity contribution in [2.24, 2.45) is 0 Å². The molecule has 0 aliphatic carbocycles. The third-order valence-corrected chi connectivity index (χ3v) is 10.7. The number of hydrogen-bond donors (Lipinski definition) is 0. The molecule has 0 aliphatic heterocycles. The summed E-state index contributed by atoms with van der Waals surface area (Å²) in [6, 6.07) is 56.8. The molecule has 2 heterocycles. The Morgan fingerprint density at radius 3 is 1.74 bits per heavy atom. The van der Waals surface area contributed by atoms with Gasteiger partial charge in [-0.05, 0) is 104 Å². The number of benzene rings is 7. The van der Waals surface area contributed by atoms with Crippen LogP contribution in [0.1, 0.15) is 52.7 Å². The molecule has 0 bridgehead atoms. The lowest BCUT2D eigenvalue weighted by Crippen LogP contribution is -2.10. The van der Waals surface area contributed by atoms with E-state index in [1.165, 1.54) is 27.8 Å². The summed E-state index contributed by atoms with van der Waals surface area (Å²) in [5, 5.41) is 2.21. The van der Waals surface area contributed by atoms with Gasteiger partial charge in [0.25, 0.3) is 0 Å². The molecule has 9 aromatic rings. The Kier molecular flexibility index (Phi) is 7.94. The van der Waals surface area contributed by atoms with Crippen LogP contribution in [0.4, 0.5) is 0 Å². The quantitative estimate of drug-likeness (QED) is 0.179. The van der Waals surface area contributed by atoms with Crippen molar-refractivity contribution in [2.45, 2.75) is 52.4 Å². The van der Waals surface area contributed by atoms with Crippen LogP contribution < -0.4 is 0 Å². The van der Waals surface area contributed by atoms with Crippen LogP contribution in [-0.4, -0.2) is 9.55 Å². The van der Waals surface area contributed by atoms with Gasteiger partial charge in [0.05, 0.1) is 11.0 Å². The van der Waals surface area contributed by atoms with Crippen LogP contribution in [0.25, 0.3) is 83.4 Å². The van der Waals surface area contributed by atoms with Gasteiger partial charge >= 0.3 is 0 Å². The Morgan fingerprint density at radius 2 is 1.06 bits per heavy atom. The first-order chi connectivity index (χ1) is 26.0. The Bertz CT molecular complexity index is 2800. The monoisotopic (exact) mass is 700 g/mol. The Labute approximate surface area is 317 Å². The molecule has 3 nitrogen and oxygen atoms in total. The number of furan rings is 1. The first-order valence-corrected chi connectivity index (χ1v) is 18.9. The SMILES string of the molecule is CC(C)(C)c1ccc(-c2ccc3oc4c(-c5cccc(-c6nc7ccccc7n6-c6ccccc6)c5)cc(-c5ccc(C(C)(C)C)cc5)cc4c3c2)cc1. The summed E-state index contributed by atoms with van der Waals surface area (Å²) in [5.74, 6) is 0.904. The largest absolute Gasteiger partial charge is 0.455 e. The molecule has 0 aliphatic rings. The van der Waals surface area contributed by atoms with Crippen LogP contribution in [-0.2, 0) is 10.8 Å². The molecule has 2 aromatic heterocycles. The summed E-state index contributed by atoms with van der Waals surface area (Å²) in [4.78, 5) is 5.18. The predicted molar refractivity (Wildman–Crippen MR) is 227 cm³/mol. The fraction of sp³-hybridized carbons (Fsp3) is 0.157. The number of nitrogens with zero attached hydrogens (tertiary/aromatic N) is 2. The zero-order valence-electron chi connectivity index (χ0n) is 31.8. The maximum Gasteiger partial charge on any atom is 0.145 e. The zero-order chi connectivity index (χ0) is 37.2. The molecule has 3 heteroatoms. The standard InChI is InChI=1S/C51H44N2O/c1-50(2,3)39-24-19-33(20-25-39)35-23-28-47-43(30-35)44-32-38(34-21-26-40(27-22-34)51(4,5)6)31-42(48(44)54-47)36-13-12-14-37(29-36)49-52-45-17-10-11-18-46(45)53(49)41-15-8-7-9-16-41/h7-32H,1-6H3. The summed E-state index contributed by atoms with van der Waals surface area (Å²) in [5.41, 5.74) is 15.6. The minimum Gasteiger partial charge on any atom is -0.455 e. The Hall–Kier alpha value is -6.19. The number of para-hydroxylation sites is 3. The highest BCUT2D eigenvalue weighted by Crippen LogP contribution is 2.42. The Morgan fingerprint density at radius 1 is 0.463 bits per heavy atom. The van der Waals surface area contributed by atoms with E-state index in [4.69, 9.17) is 9.40 Å². The minimum absolute atomic E-state index is 0.0760. The molecule has 9 rings (SSSR count). The van der Waals surface area contributed by atoms with E-state index in [1.54, 1.807) is 0 Å². The fourth-order valence-electron chi connectivity index (χ4n) is 7.65. The van der Waals surface area contributed by atoms with E-state index < -0.39 is 0 Å². The highest BCUT2D eigenvalue weighted by Gasteiger charge is 2.20. The third-order valence-electron chi connectivity index (χ3n) is 10.7. The van der Waals surface area contributed by atoms with Gasteiger partial charge in [-0.1, -0.05) is 145 Å². The van der Waals surface area contributed by atoms with Crippen LogP contribution in [0, 0.1) is 0 Å². The summed E-state index contributed by atoms with van der Waals surface area (Å²) >= 11 is 0. The van der Waals surface area contributed by atoms with E-state index in [2.05, 4.69) is 204 Å². The lowest BCUT2D eigenvalue weighted by Gasteiger charge is -2.19. The van der Waals surface area contributed by atoms with Gasteiger partial charge in [0.2, 0.25) is 0 Å². The van der Waals surface area contributed by atoms with Gasteiger partial charge < -0.3 is 4.42 Å². The van der Waals surface area contributed by atoms with Crippen molar-refractivity contribution in [3.63, 3.8) is 0 Å². The van der Waals surface area contributed by atoms with Gasteiger partial charge in [-0.3, -0.25) is 4.57 Å². The molecule has 0 spiro atoms. The van der Waals surface area contributed by atoms with Crippen molar-refractivity contribution in [1.82, 2.24) is 9.55 Å². The average Bonchev–Trinajstić information content (AvgIpc) is 3.76. The van der Waals surface area contributed by atoms with Gasteiger partial charge in [0, 0.05) is 27.6 Å². The molecular weight excluding hydrogens is 657 g/mol. The molecule has 0 fully saturated rings. The van der Waals surface area contributed by atoms with Crippen molar-refractivity contribution in [1.29, 1.82) is 0 Å². The van der Waals surface area contributed by atoms with Crippen molar-refractivity contribution in [2.75, 3.05) is 0 Å². The van der Waals surface area contributed by atoms with Crippen LogP contribution in [0.2, 0.25) is 0 Å². The predicted octanol–water partition coefficient (Wildman–Crippen LogP) is 14.2. The van der Waals surface area contributed by atoms with Crippen LogP contribution >= 0.6 is 0 Å². The highest BCUT2D eigenvalue weighted by molar-refractivity contribution is 6.12. The molecule has 264 valence electrons. The lowest BCUT2D eigenvalue weighted by atomic mass is 9.86. The fourth-order valence-corrected chi connectivity index (χ4v) is 7.65. The molecular formula is C51H44N2O. The first-order valence-electron chi connectivity index (χ1n) is 18.9. The van der Waals surface area contributed by atoms with E-state index in [0.29, 0.717) is 0 Å². The van der Waals surface area contributed by atoms with Crippen molar-refractivity contribution in [3.05, 3.63) is 169 Å². The van der Waals surface area contributed by atoms with Gasteiger partial charge in [-0.2, -0.15) is 0 Å². The number of rotatable bonds is 5. The van der Waals surface area contributed by atoms with Gasteiger partial charge in [-0.15, -0.1) is 0 Å². The molecule has 0 atom stereocenters. The lowest BCUT2D eigenvalue weighted by molar-refractivity contribution is 0.590. The second kappa shape index (κ2) is 12.7. The van der Waals surface area contributed by atoms with Crippen molar-refractivity contribution >= 4 is 33.0 Å². The van der Waals surface area contributed by atoms with Crippen LogP contribution in [0.3, 0.4) is 0 Å². The minimum atomic E-state index is 0.0760. The molecule has 0 amide bonds. The number of hydrogen-bond acceptors (Lipinski definition) is 2. The van der Waals surface area contributed by atoms with Crippen LogP contribution in [0.15, 0.2) is 162 Å². The van der Waals surface area contributed by atoms with E-state index in [-0.39, 0.29) is 10.8 Å². The van der Waals surface area contributed by atoms with Crippen molar-refractivity contribution in [3.8, 4) is 50.5 Å². The molecule has 0 saturated carbocycles. The van der Waals surface area contributed by atoms with Crippen molar-refractivity contribution < 1.29 is 4.42 Å². The number of aromatic nitrogens is 2. The summed E-state index contributed by atoms with van der Waals surface area (Å²) in [6.45, 7) is 13.6. The molecule has 0 saturated heterocycles. The van der Waals surface area contributed by atoms with Gasteiger partial charge in [-0.25, -0.2) is 4.98 Å². The topological polar surface area (TPSA) is 31.0 Å². The molecule has 0 unspecified atom stereocenters. The number of imidazole rings is 1. The normalized spacial score (nSPS) is 12.3. The molecule has 7 aromatic carbocycles. The highest BCUT2D eigenvalue weighted by atomic mass is 16.3. The number of fused-ring (bicyclic) bond motifs is 4. The van der Waals surface area contributed by atoms with Gasteiger partial charge in [0.15, 0.2) is 0 Å². The molecule has 54 heavy (non-hydrogen) atoms. The first kappa shape index (κ1) is 33.6. The Balaban J connectivity index is 1.24. The summed E-state index contributed by atoms with van der Waals surface area (Å²) in [6.07, 6.45) is 0. The van der Waals surface area contributed by atoms with Gasteiger partial charge in [0.1, 0.15) is 17.0 Å². The average molecular weight is 701 g/mol. The zero-order valence-corrected chi connectivity index (χ0v) is 31.8. The van der Waals surface area contributed by atoms with E-state index in [1.807, 2.05) is 0 Å². The van der Waals surface area contributed by atoms with E-state index in [0.717, 1.165) is 66.7 Å². The molecule has 0 N–H and O–H groups in total. The van der Waals surface area contributed by atoms with Crippen LogP contribution in [0.5, 0.6) is 0 Å².